The van der Waals surface area contributed by atoms with Crippen molar-refractivity contribution in [2.75, 3.05) is 78.8 Å². The van der Waals surface area contributed by atoms with Crippen molar-refractivity contribution in [3.05, 3.63) is 0 Å². The van der Waals surface area contributed by atoms with Gasteiger partial charge in [-0.15, -0.1) is 0 Å². The van der Waals surface area contributed by atoms with Gasteiger partial charge in [0, 0.05) is 85.5 Å². The predicted octanol–water partition coefficient (Wildman–Crippen LogP) is -5.39. The molecule has 6 aliphatic rings. The van der Waals surface area contributed by atoms with Gasteiger partial charge in [0.25, 0.3) is 0 Å². The highest BCUT2D eigenvalue weighted by Gasteiger charge is 2.49. The SMILES string of the molecule is CC(=O)NC1[C@H](OCCCCC(=O)N2C[C@H](O)C[C@H]2COP(=O)(O)O[C@@H]2C[C@@H](COCP(=O)(O)O[C@@H]3C[C@@H](C)N(C(=O)CCCCO[C@@H]4OC(CO)[C@H](O)[C@H](O)C4NC(C)=O)C3)N(C(=O)CCCCO[C@@H]3OC(CO)[C@H](O)[C@H](O)C3NC(C)=O)C2)OC(CO)[C@H](O)[C@@H]1O. The molecule has 15 N–H and O–H groups in total. The molecular weight excluding hydrogens is 1290 g/mol. The van der Waals surface area contributed by atoms with Gasteiger partial charge in [0.15, 0.2) is 18.9 Å². The van der Waals surface area contributed by atoms with Crippen LogP contribution in [-0.2, 0) is 84.6 Å². The largest absolute Gasteiger partial charge is 0.472 e. The quantitative estimate of drug-likeness (QED) is 0.0208. The number of aliphatic hydroxyl groups is 10. The Morgan fingerprint density at radius 1 is 0.495 bits per heavy atom. The number of phosphoric acid groups is 1. The van der Waals surface area contributed by atoms with Gasteiger partial charge >= 0.3 is 15.4 Å². The number of nitrogens with zero attached hydrogens (tertiary/aromatic N) is 3. The first-order chi connectivity index (χ1) is 44.0. The first-order valence-corrected chi connectivity index (χ1v) is 34.6. The van der Waals surface area contributed by atoms with Gasteiger partial charge < -0.3 is 129 Å². The average Bonchev–Trinajstić information content (AvgIpc) is 1.89. The molecule has 0 radical (unpaired) electrons. The van der Waals surface area contributed by atoms with Crippen molar-refractivity contribution in [3.8, 4) is 0 Å². The Labute approximate surface area is 537 Å². The van der Waals surface area contributed by atoms with Crippen molar-refractivity contribution >= 4 is 50.9 Å². The van der Waals surface area contributed by atoms with Crippen LogP contribution in [0.2, 0.25) is 0 Å². The van der Waals surface area contributed by atoms with Gasteiger partial charge in [0.2, 0.25) is 35.4 Å². The Bertz CT molecular complexity index is 2520. The van der Waals surface area contributed by atoms with E-state index in [1.165, 1.54) is 35.5 Å². The average molecular weight is 1380 g/mol. The van der Waals surface area contributed by atoms with Crippen LogP contribution in [-0.4, -0.2) is 318 Å². The monoisotopic (exact) mass is 1380 g/mol. The number of ether oxygens (including phenoxy) is 7. The molecule has 0 bridgehead atoms. The first-order valence-electron chi connectivity index (χ1n) is 31.3. The van der Waals surface area contributed by atoms with E-state index in [0.29, 0.717) is 12.8 Å². The second kappa shape index (κ2) is 36.8. The molecule has 36 nitrogen and oxygen atoms in total. The summed E-state index contributed by atoms with van der Waals surface area (Å²) in [5.41, 5.74) is 0. The molecule has 8 unspecified atom stereocenters. The summed E-state index contributed by atoms with van der Waals surface area (Å²) in [6.45, 7) is 1.93. The molecule has 0 saturated carbocycles. The Balaban J connectivity index is 0.993. The second-order valence-electron chi connectivity index (χ2n) is 24.3. The van der Waals surface area contributed by atoms with Gasteiger partial charge in [-0.25, -0.2) is 4.57 Å². The minimum absolute atomic E-state index is 0.0177. The zero-order valence-corrected chi connectivity index (χ0v) is 54.3. The van der Waals surface area contributed by atoms with Crippen LogP contribution in [0.1, 0.15) is 105 Å². The van der Waals surface area contributed by atoms with Crippen LogP contribution in [0.25, 0.3) is 0 Å². The van der Waals surface area contributed by atoms with Crippen LogP contribution in [0, 0.1) is 0 Å². The molecule has 23 atom stereocenters. The minimum Gasteiger partial charge on any atom is -0.394 e. The molecule has 0 aromatic carbocycles. The van der Waals surface area contributed by atoms with Gasteiger partial charge in [-0.3, -0.25) is 42.4 Å². The summed E-state index contributed by atoms with van der Waals surface area (Å²) in [6.07, 6.45) is -18.9. The van der Waals surface area contributed by atoms with E-state index in [2.05, 4.69) is 16.0 Å². The third-order valence-electron chi connectivity index (χ3n) is 16.8. The molecule has 6 saturated heterocycles. The van der Waals surface area contributed by atoms with E-state index in [-0.39, 0.29) is 110 Å². The summed E-state index contributed by atoms with van der Waals surface area (Å²) in [7, 11) is -9.56. The number of likely N-dealkylation sites (tertiary alicyclic amines) is 3. The smallest absolute Gasteiger partial charge is 0.394 e. The lowest BCUT2D eigenvalue weighted by Crippen LogP contribution is -2.64. The number of hydrogen-bond acceptors (Lipinski definition) is 28. The molecule has 6 heterocycles. The number of amides is 6. The van der Waals surface area contributed by atoms with Crippen molar-refractivity contribution < 1.29 is 145 Å². The first kappa shape index (κ1) is 78.4. The van der Waals surface area contributed by atoms with E-state index in [4.69, 9.17) is 46.7 Å². The van der Waals surface area contributed by atoms with Crippen molar-refractivity contribution in [1.82, 2.24) is 30.7 Å². The van der Waals surface area contributed by atoms with Crippen molar-refractivity contribution in [3.63, 3.8) is 0 Å². The number of β-amino-alcohol motifs (C(OH)–C–C–N with tert-alkyl or cyclic N) is 1. The highest BCUT2D eigenvalue weighted by Crippen LogP contribution is 2.48. The molecule has 0 aliphatic carbocycles. The van der Waals surface area contributed by atoms with E-state index in [1.807, 2.05) is 0 Å². The molecule has 38 heteroatoms. The highest BCUT2D eigenvalue weighted by molar-refractivity contribution is 7.52. The second-order valence-corrected chi connectivity index (χ2v) is 27.4. The lowest BCUT2D eigenvalue weighted by Gasteiger charge is -2.42. The van der Waals surface area contributed by atoms with Gasteiger partial charge in [-0.05, 0) is 64.7 Å². The maximum absolute atomic E-state index is 14.0. The fourth-order valence-corrected chi connectivity index (χ4v) is 14.1. The number of aliphatic hydroxyl groups excluding tert-OH is 10. The van der Waals surface area contributed by atoms with Crippen molar-refractivity contribution in [1.29, 1.82) is 0 Å². The Morgan fingerprint density at radius 3 is 1.28 bits per heavy atom. The minimum atomic E-state index is -5.00. The zero-order valence-electron chi connectivity index (χ0n) is 52.5. The fourth-order valence-electron chi connectivity index (χ4n) is 12.1. The van der Waals surface area contributed by atoms with Crippen LogP contribution >= 0.6 is 15.4 Å². The molecule has 0 aromatic rings. The molecule has 6 amide bonds. The number of carbonyl (C=O) groups is 6. The van der Waals surface area contributed by atoms with Gasteiger partial charge in [0.05, 0.1) is 63.4 Å². The number of unbranched alkanes of at least 4 members (excludes halogenated alkanes) is 3. The maximum atomic E-state index is 14.0. The molecule has 6 rings (SSSR count). The van der Waals surface area contributed by atoms with Gasteiger partial charge in [0.1, 0.15) is 79.4 Å². The molecule has 6 fully saturated rings. The summed E-state index contributed by atoms with van der Waals surface area (Å²) in [5, 5.41) is 109. The van der Waals surface area contributed by atoms with E-state index < -0.39 is 213 Å². The Morgan fingerprint density at radius 2 is 0.871 bits per heavy atom. The van der Waals surface area contributed by atoms with Crippen molar-refractivity contribution in [2.24, 2.45) is 0 Å². The van der Waals surface area contributed by atoms with Crippen LogP contribution in [0.4, 0.5) is 0 Å². The summed E-state index contributed by atoms with van der Waals surface area (Å²) >= 11 is 0. The number of rotatable bonds is 35. The number of nitrogens with one attached hydrogen (secondary N) is 3. The van der Waals surface area contributed by atoms with E-state index in [9.17, 15) is 98.7 Å². The van der Waals surface area contributed by atoms with E-state index >= 15 is 0 Å². The third-order valence-corrected chi connectivity index (χ3v) is 19.0. The van der Waals surface area contributed by atoms with Crippen molar-refractivity contribution in [2.45, 2.75) is 233 Å². The van der Waals surface area contributed by atoms with E-state index in [0.717, 1.165) is 0 Å². The summed E-state index contributed by atoms with van der Waals surface area (Å²) in [5.74, 6) is -2.82. The summed E-state index contributed by atoms with van der Waals surface area (Å²) in [6, 6.07) is -5.68. The lowest BCUT2D eigenvalue weighted by molar-refractivity contribution is -0.270. The normalized spacial score (nSPS) is 35.3. The van der Waals surface area contributed by atoms with Gasteiger partial charge in [-0.1, -0.05) is 0 Å². The summed E-state index contributed by atoms with van der Waals surface area (Å²) in [4.78, 5) is 102. The molecule has 536 valence electrons. The Hall–Kier alpha value is -3.60. The number of carbonyl (C=O) groups excluding carboxylic acids is 6. The lowest BCUT2D eigenvalue weighted by atomic mass is 9.97. The molecular formula is C55H96N6O30P2. The van der Waals surface area contributed by atoms with Gasteiger partial charge in [-0.2, -0.15) is 0 Å². The van der Waals surface area contributed by atoms with E-state index in [1.54, 1.807) is 6.92 Å². The van der Waals surface area contributed by atoms with Crippen LogP contribution < -0.4 is 16.0 Å². The van der Waals surface area contributed by atoms with Crippen LogP contribution in [0.3, 0.4) is 0 Å². The molecule has 0 aromatic heterocycles. The third kappa shape index (κ3) is 23.0. The Kier molecular flexibility index (Phi) is 31.0. The predicted molar refractivity (Wildman–Crippen MR) is 314 cm³/mol. The highest BCUT2D eigenvalue weighted by atomic mass is 31.2. The standard InChI is InChI=1S/C55H96N6O30P2/c1-29-17-36(21-59(29)41(69)11-5-8-14-83-53-44(56-30(2)65)50(75)47(72)38(23-62)87-53)90-92(78,79)28-82-26-34-19-37(22-61(34)43(71)13-7-10-16-85-55-46(58-32(4)67)52(77)49(74)40(25-64)89-55)91-93(80,81)86-27-33-18-35(68)20-60(33)42(70)12-6-9-15-84-54-45(57-31(3)66)51(76)48(73)39(24-63)88-54/h29,33-40,44-55,62-64,68,72-77H,5-28H2,1-4H3,(H,56,65)(H,57,66)(H,58,67)(H,78,79)(H,80,81)/t29-,33+,34+,35-,36-,37-,38?,39?,40?,44?,45?,46?,47+,48+,49+,50-,51-,52-,53-,54-,55-/m1/s1. The topological polar surface area (TPSA) is 517 Å². The maximum Gasteiger partial charge on any atom is 0.472 e. The zero-order chi connectivity index (χ0) is 68.5. The summed E-state index contributed by atoms with van der Waals surface area (Å²) < 4.78 is 83.4. The molecule has 0 spiro atoms. The number of hydrogen-bond donors (Lipinski definition) is 15. The fraction of sp³-hybridized carbons (Fsp3) is 0.891. The molecule has 93 heavy (non-hydrogen) atoms. The molecule has 6 aliphatic heterocycles. The van der Waals surface area contributed by atoms with Crippen LogP contribution in [0.15, 0.2) is 0 Å². The van der Waals surface area contributed by atoms with Crippen LogP contribution in [0.5, 0.6) is 0 Å². The number of phosphoric ester groups is 1.